The third-order valence-corrected chi connectivity index (χ3v) is 2.78. The molecule has 1 atom stereocenters. The number of hydrogen-bond donors (Lipinski definition) is 1. The summed E-state index contributed by atoms with van der Waals surface area (Å²) in [6.45, 7) is 3.04. The lowest BCUT2D eigenvalue weighted by atomic mass is 10.1. The van der Waals surface area contributed by atoms with Crippen LogP contribution in [0.15, 0.2) is 43.0 Å². The molecule has 2 heterocycles. The van der Waals surface area contributed by atoms with Crippen molar-refractivity contribution >= 4 is 0 Å². The minimum Gasteiger partial charge on any atom is -0.354 e. The molecule has 2 rings (SSSR count). The molecular weight excluding hydrogens is 210 g/mol. The van der Waals surface area contributed by atoms with Crippen LogP contribution in [0.3, 0.4) is 0 Å². The van der Waals surface area contributed by atoms with Crippen LogP contribution >= 0.6 is 0 Å². The van der Waals surface area contributed by atoms with Crippen molar-refractivity contribution < 1.29 is 0 Å². The van der Waals surface area contributed by atoms with Gasteiger partial charge in [0.1, 0.15) is 0 Å². The second kappa shape index (κ2) is 5.64. The third-order valence-electron chi connectivity index (χ3n) is 2.78. The summed E-state index contributed by atoms with van der Waals surface area (Å²) in [5.41, 5.74) is 8.42. The zero-order chi connectivity index (χ0) is 12.1. The Morgan fingerprint density at radius 3 is 2.71 bits per heavy atom. The molecule has 17 heavy (non-hydrogen) atoms. The van der Waals surface area contributed by atoms with Crippen molar-refractivity contribution in [3.05, 3.63) is 54.1 Å². The molecule has 0 fully saturated rings. The van der Waals surface area contributed by atoms with Crippen LogP contribution in [-0.2, 0) is 19.4 Å². The second-order valence-corrected chi connectivity index (χ2v) is 4.54. The Bertz CT molecular complexity index is 446. The summed E-state index contributed by atoms with van der Waals surface area (Å²) in [6, 6.07) is 6.50. The highest BCUT2D eigenvalue weighted by atomic mass is 14.9. The van der Waals surface area contributed by atoms with Gasteiger partial charge in [0, 0.05) is 37.4 Å². The fourth-order valence-corrected chi connectivity index (χ4v) is 1.93. The molecule has 0 amide bonds. The lowest BCUT2D eigenvalue weighted by molar-refractivity contribution is 0.691. The summed E-state index contributed by atoms with van der Waals surface area (Å²) in [4.78, 5) is 4.02. The summed E-state index contributed by atoms with van der Waals surface area (Å²) < 4.78 is 2.22. The summed E-state index contributed by atoms with van der Waals surface area (Å²) in [5.74, 6) is 0. The minimum atomic E-state index is 0.228. The molecule has 0 aromatic carbocycles. The van der Waals surface area contributed by atoms with Gasteiger partial charge in [-0.15, -0.1) is 0 Å². The maximum atomic E-state index is 5.78. The van der Waals surface area contributed by atoms with Crippen LogP contribution in [0.25, 0.3) is 0 Å². The molecule has 0 spiro atoms. The van der Waals surface area contributed by atoms with Gasteiger partial charge in [-0.05, 0) is 49.1 Å². The smallest absolute Gasteiger partial charge is 0.0270 e. The van der Waals surface area contributed by atoms with Crippen molar-refractivity contribution in [2.75, 3.05) is 0 Å². The Labute approximate surface area is 102 Å². The monoisotopic (exact) mass is 229 g/mol. The van der Waals surface area contributed by atoms with Crippen LogP contribution in [-0.4, -0.2) is 15.6 Å². The fraction of sp³-hybridized carbons (Fsp3) is 0.357. The Morgan fingerprint density at radius 1 is 1.24 bits per heavy atom. The number of aryl methyl sites for hydroxylation is 2. The van der Waals surface area contributed by atoms with Gasteiger partial charge in [-0.25, -0.2) is 0 Å². The molecule has 2 aromatic heterocycles. The molecule has 0 aliphatic heterocycles. The normalized spacial score (nSPS) is 12.6. The van der Waals surface area contributed by atoms with Crippen molar-refractivity contribution in [2.24, 2.45) is 5.73 Å². The predicted octanol–water partition coefficient (Wildman–Crippen LogP) is 2.02. The van der Waals surface area contributed by atoms with E-state index in [0.29, 0.717) is 0 Å². The molecule has 2 N–H and O–H groups in total. The van der Waals surface area contributed by atoms with E-state index >= 15 is 0 Å². The van der Waals surface area contributed by atoms with Crippen molar-refractivity contribution in [3.63, 3.8) is 0 Å². The first-order valence-electron chi connectivity index (χ1n) is 6.03. The molecule has 0 saturated heterocycles. The number of nitrogens with two attached hydrogens (primary N) is 1. The standard InChI is InChI=1S/C14H19N3/c1-12(15)10-14-5-9-17(11-14)8-4-13-2-6-16-7-3-13/h2-3,5-7,9,11-12H,4,8,10,15H2,1H3. The molecule has 0 aliphatic rings. The highest BCUT2D eigenvalue weighted by Crippen LogP contribution is 2.06. The SMILES string of the molecule is CC(N)Cc1ccn(CCc2ccncc2)c1. The fourth-order valence-electron chi connectivity index (χ4n) is 1.93. The zero-order valence-corrected chi connectivity index (χ0v) is 10.2. The Hall–Kier alpha value is -1.61. The van der Waals surface area contributed by atoms with E-state index < -0.39 is 0 Å². The van der Waals surface area contributed by atoms with Gasteiger partial charge in [0.05, 0.1) is 0 Å². The van der Waals surface area contributed by atoms with Gasteiger partial charge in [0.15, 0.2) is 0 Å². The quantitative estimate of drug-likeness (QED) is 0.852. The topological polar surface area (TPSA) is 43.8 Å². The predicted molar refractivity (Wildman–Crippen MR) is 69.7 cm³/mol. The molecule has 0 bridgehead atoms. The van der Waals surface area contributed by atoms with Crippen LogP contribution in [0.5, 0.6) is 0 Å². The van der Waals surface area contributed by atoms with Crippen LogP contribution in [0.2, 0.25) is 0 Å². The molecule has 3 nitrogen and oxygen atoms in total. The van der Waals surface area contributed by atoms with Crippen molar-refractivity contribution in [1.29, 1.82) is 0 Å². The minimum absolute atomic E-state index is 0.228. The summed E-state index contributed by atoms with van der Waals surface area (Å²) in [6.07, 6.45) is 9.97. The summed E-state index contributed by atoms with van der Waals surface area (Å²) >= 11 is 0. The van der Waals surface area contributed by atoms with E-state index in [0.717, 1.165) is 19.4 Å². The van der Waals surface area contributed by atoms with Crippen molar-refractivity contribution in [3.8, 4) is 0 Å². The molecule has 2 aromatic rings. The van der Waals surface area contributed by atoms with Crippen molar-refractivity contribution in [2.45, 2.75) is 32.4 Å². The first kappa shape index (κ1) is 11.9. The average Bonchev–Trinajstić information content (AvgIpc) is 2.75. The average molecular weight is 229 g/mol. The third kappa shape index (κ3) is 3.71. The van der Waals surface area contributed by atoms with E-state index in [-0.39, 0.29) is 6.04 Å². The van der Waals surface area contributed by atoms with E-state index in [1.165, 1.54) is 11.1 Å². The number of aromatic nitrogens is 2. The Balaban J connectivity index is 1.89. The molecule has 0 saturated carbocycles. The lowest BCUT2D eigenvalue weighted by Crippen LogP contribution is -2.17. The number of pyridine rings is 1. The number of hydrogen-bond acceptors (Lipinski definition) is 2. The first-order valence-corrected chi connectivity index (χ1v) is 6.03. The molecule has 1 unspecified atom stereocenters. The Morgan fingerprint density at radius 2 is 2.00 bits per heavy atom. The van der Waals surface area contributed by atoms with Gasteiger partial charge in [-0.1, -0.05) is 0 Å². The number of rotatable bonds is 5. The maximum Gasteiger partial charge on any atom is 0.0270 e. The van der Waals surface area contributed by atoms with Crippen LogP contribution in [0, 0.1) is 0 Å². The van der Waals surface area contributed by atoms with Gasteiger partial charge in [0.2, 0.25) is 0 Å². The van der Waals surface area contributed by atoms with Crippen LogP contribution in [0.1, 0.15) is 18.1 Å². The van der Waals surface area contributed by atoms with Crippen molar-refractivity contribution in [1.82, 2.24) is 9.55 Å². The largest absolute Gasteiger partial charge is 0.354 e. The van der Waals surface area contributed by atoms with E-state index in [4.69, 9.17) is 5.73 Å². The summed E-state index contributed by atoms with van der Waals surface area (Å²) in [5, 5.41) is 0. The lowest BCUT2D eigenvalue weighted by Gasteiger charge is -2.04. The van der Waals surface area contributed by atoms with Gasteiger partial charge in [0.25, 0.3) is 0 Å². The number of nitrogens with zero attached hydrogens (tertiary/aromatic N) is 2. The van der Waals surface area contributed by atoms with E-state index in [1.54, 1.807) is 0 Å². The Kier molecular flexibility index (Phi) is 3.94. The van der Waals surface area contributed by atoms with E-state index in [9.17, 15) is 0 Å². The van der Waals surface area contributed by atoms with Gasteiger partial charge < -0.3 is 10.3 Å². The molecular formula is C14H19N3. The molecule has 0 radical (unpaired) electrons. The zero-order valence-electron chi connectivity index (χ0n) is 10.2. The highest BCUT2D eigenvalue weighted by Gasteiger charge is 2.00. The highest BCUT2D eigenvalue weighted by molar-refractivity contribution is 5.13. The maximum absolute atomic E-state index is 5.78. The van der Waals surface area contributed by atoms with Crippen LogP contribution < -0.4 is 5.73 Å². The summed E-state index contributed by atoms with van der Waals surface area (Å²) in [7, 11) is 0. The van der Waals surface area contributed by atoms with E-state index in [2.05, 4.69) is 40.1 Å². The van der Waals surface area contributed by atoms with Gasteiger partial charge in [-0.2, -0.15) is 0 Å². The first-order chi connectivity index (χ1) is 8.24. The van der Waals surface area contributed by atoms with Crippen LogP contribution in [0.4, 0.5) is 0 Å². The molecule has 0 aliphatic carbocycles. The molecule has 3 heteroatoms. The van der Waals surface area contributed by atoms with Gasteiger partial charge in [-0.3, -0.25) is 4.98 Å². The van der Waals surface area contributed by atoms with E-state index in [1.807, 2.05) is 19.3 Å². The van der Waals surface area contributed by atoms with Gasteiger partial charge >= 0.3 is 0 Å². The molecule has 90 valence electrons. The second-order valence-electron chi connectivity index (χ2n) is 4.54.